The van der Waals surface area contributed by atoms with Crippen LogP contribution in [0.15, 0.2) is 35.1 Å². The van der Waals surface area contributed by atoms with Crippen molar-refractivity contribution in [1.29, 1.82) is 0 Å². The maximum absolute atomic E-state index is 5.95. The molecule has 0 aliphatic rings. The highest BCUT2D eigenvalue weighted by Gasteiger charge is 2.14. The van der Waals surface area contributed by atoms with E-state index in [4.69, 9.17) is 5.73 Å². The molecule has 2 heterocycles. The lowest BCUT2D eigenvalue weighted by Gasteiger charge is -2.02. The summed E-state index contributed by atoms with van der Waals surface area (Å²) in [6, 6.07) is 8.07. The molecule has 0 fully saturated rings. The van der Waals surface area contributed by atoms with Gasteiger partial charge in [-0.1, -0.05) is 34.1 Å². The molecule has 0 amide bonds. The predicted molar refractivity (Wildman–Crippen MR) is 77.7 cm³/mol. The summed E-state index contributed by atoms with van der Waals surface area (Å²) < 4.78 is 2.80. The van der Waals surface area contributed by atoms with E-state index in [1.807, 2.05) is 25.2 Å². The van der Waals surface area contributed by atoms with Crippen LogP contribution in [0.5, 0.6) is 0 Å². The van der Waals surface area contributed by atoms with Crippen LogP contribution < -0.4 is 5.73 Å². The Morgan fingerprint density at radius 3 is 2.84 bits per heavy atom. The van der Waals surface area contributed by atoms with Crippen LogP contribution >= 0.6 is 15.9 Å². The van der Waals surface area contributed by atoms with Crippen molar-refractivity contribution in [2.75, 3.05) is 5.73 Å². The van der Waals surface area contributed by atoms with Crippen LogP contribution in [-0.4, -0.2) is 19.7 Å². The Balaban J connectivity index is 2.14. The molecule has 2 N–H and O–H groups in total. The van der Waals surface area contributed by atoms with Gasteiger partial charge in [-0.3, -0.25) is 4.68 Å². The van der Waals surface area contributed by atoms with Gasteiger partial charge in [0.05, 0.1) is 11.1 Å². The fraction of sp³-hybridized carbons (Fsp3) is 0.154. The van der Waals surface area contributed by atoms with Gasteiger partial charge in [-0.15, -0.1) is 0 Å². The molecule has 3 aromatic rings. The molecular weight excluding hydrogens is 306 g/mol. The van der Waals surface area contributed by atoms with Crippen LogP contribution in [0.3, 0.4) is 0 Å². The molecule has 0 saturated carbocycles. The second-order valence-corrected chi connectivity index (χ2v) is 5.15. The highest BCUT2D eigenvalue weighted by Crippen LogP contribution is 2.25. The Morgan fingerprint density at radius 1 is 1.26 bits per heavy atom. The van der Waals surface area contributed by atoms with Gasteiger partial charge in [0, 0.05) is 17.9 Å². The van der Waals surface area contributed by atoms with Gasteiger partial charge < -0.3 is 5.73 Å². The highest BCUT2D eigenvalue weighted by molar-refractivity contribution is 9.10. The zero-order valence-corrected chi connectivity index (χ0v) is 11.9. The zero-order chi connectivity index (χ0) is 13.4. The molecule has 0 bridgehead atoms. The minimum Gasteiger partial charge on any atom is -0.383 e. The molecule has 0 unspecified atom stereocenters. The summed E-state index contributed by atoms with van der Waals surface area (Å²) in [4.78, 5) is 8.27. The van der Waals surface area contributed by atoms with E-state index in [-0.39, 0.29) is 0 Å². The minimum atomic E-state index is 0.472. The molecule has 2 aromatic heterocycles. The molecular formula is C13H12BrN5. The van der Waals surface area contributed by atoms with E-state index < -0.39 is 0 Å². The fourth-order valence-corrected chi connectivity index (χ4v) is 2.56. The van der Waals surface area contributed by atoms with E-state index in [0.717, 1.165) is 26.8 Å². The summed E-state index contributed by atoms with van der Waals surface area (Å²) in [7, 11) is 1.86. The third kappa shape index (κ3) is 2.08. The number of anilines is 1. The zero-order valence-electron chi connectivity index (χ0n) is 10.3. The molecule has 0 spiro atoms. The molecule has 96 valence electrons. The fourth-order valence-electron chi connectivity index (χ4n) is 2.14. The molecule has 0 radical (unpaired) electrons. The standard InChI is InChI=1S/C13H12BrN5/c1-19-13-11(12(15)16-7-17-13)10(18-19)6-8-4-2-3-5-9(8)14/h2-5,7H,6H2,1H3,(H2,15,16,17). The van der Waals surface area contributed by atoms with E-state index in [9.17, 15) is 0 Å². The van der Waals surface area contributed by atoms with E-state index in [0.29, 0.717) is 12.2 Å². The first-order chi connectivity index (χ1) is 9.16. The van der Waals surface area contributed by atoms with Crippen LogP contribution in [0.25, 0.3) is 11.0 Å². The molecule has 6 heteroatoms. The van der Waals surface area contributed by atoms with E-state index in [1.165, 1.54) is 6.33 Å². The highest BCUT2D eigenvalue weighted by atomic mass is 79.9. The molecule has 1 aromatic carbocycles. The van der Waals surface area contributed by atoms with Gasteiger partial charge in [0.25, 0.3) is 0 Å². The number of benzene rings is 1. The number of hydrogen-bond acceptors (Lipinski definition) is 4. The van der Waals surface area contributed by atoms with Crippen LogP contribution in [-0.2, 0) is 13.5 Å². The number of halogens is 1. The smallest absolute Gasteiger partial charge is 0.163 e. The van der Waals surface area contributed by atoms with Gasteiger partial charge in [0.1, 0.15) is 12.1 Å². The predicted octanol–water partition coefficient (Wildman–Crippen LogP) is 2.30. The first-order valence-corrected chi connectivity index (χ1v) is 6.61. The molecule has 19 heavy (non-hydrogen) atoms. The molecule has 0 aliphatic heterocycles. The summed E-state index contributed by atoms with van der Waals surface area (Å²) in [5.41, 5.74) is 8.75. The quantitative estimate of drug-likeness (QED) is 0.787. The van der Waals surface area contributed by atoms with E-state index in [2.05, 4.69) is 37.1 Å². The van der Waals surface area contributed by atoms with E-state index in [1.54, 1.807) is 4.68 Å². The summed E-state index contributed by atoms with van der Waals surface area (Å²) in [6.45, 7) is 0. The van der Waals surface area contributed by atoms with E-state index >= 15 is 0 Å². The maximum atomic E-state index is 5.95. The first kappa shape index (κ1) is 12.1. The Hall–Kier alpha value is -1.95. The number of nitrogens with two attached hydrogens (primary N) is 1. The van der Waals surface area contributed by atoms with Crippen molar-refractivity contribution in [2.45, 2.75) is 6.42 Å². The van der Waals surface area contributed by atoms with Crippen molar-refractivity contribution in [3.8, 4) is 0 Å². The second kappa shape index (κ2) is 4.62. The number of nitrogen functional groups attached to an aromatic ring is 1. The summed E-state index contributed by atoms with van der Waals surface area (Å²) in [5.74, 6) is 0.472. The molecule has 0 aliphatic carbocycles. The van der Waals surface area contributed by atoms with Crippen molar-refractivity contribution in [2.24, 2.45) is 7.05 Å². The van der Waals surface area contributed by atoms with Gasteiger partial charge in [0.15, 0.2) is 5.65 Å². The lowest BCUT2D eigenvalue weighted by Crippen LogP contribution is -1.95. The first-order valence-electron chi connectivity index (χ1n) is 5.82. The number of aryl methyl sites for hydroxylation is 1. The summed E-state index contributed by atoms with van der Waals surface area (Å²) in [6.07, 6.45) is 2.15. The Kier molecular flexibility index (Phi) is 2.94. The number of hydrogen-bond donors (Lipinski definition) is 1. The van der Waals surface area contributed by atoms with Gasteiger partial charge >= 0.3 is 0 Å². The summed E-state index contributed by atoms with van der Waals surface area (Å²) in [5, 5.41) is 5.33. The molecule has 0 atom stereocenters. The molecule has 5 nitrogen and oxygen atoms in total. The van der Waals surface area contributed by atoms with Gasteiger partial charge in [-0.2, -0.15) is 5.10 Å². The molecule has 0 saturated heterocycles. The lowest BCUT2D eigenvalue weighted by atomic mass is 10.1. The number of aromatic nitrogens is 4. The number of rotatable bonds is 2. The average molecular weight is 318 g/mol. The Morgan fingerprint density at radius 2 is 2.05 bits per heavy atom. The normalized spacial score (nSPS) is 11.1. The minimum absolute atomic E-state index is 0.472. The van der Waals surface area contributed by atoms with Crippen LogP contribution in [0.1, 0.15) is 11.3 Å². The van der Waals surface area contributed by atoms with Crippen molar-refractivity contribution >= 4 is 32.8 Å². The van der Waals surface area contributed by atoms with Crippen LogP contribution in [0.4, 0.5) is 5.82 Å². The average Bonchev–Trinajstić information content (AvgIpc) is 2.71. The summed E-state index contributed by atoms with van der Waals surface area (Å²) >= 11 is 3.55. The third-order valence-corrected chi connectivity index (χ3v) is 3.81. The molecule has 3 rings (SSSR count). The topological polar surface area (TPSA) is 69.6 Å². The Bertz CT molecular complexity index is 750. The largest absolute Gasteiger partial charge is 0.383 e. The third-order valence-electron chi connectivity index (χ3n) is 3.04. The van der Waals surface area contributed by atoms with Gasteiger partial charge in [-0.25, -0.2) is 9.97 Å². The van der Waals surface area contributed by atoms with Crippen molar-refractivity contribution in [3.05, 3.63) is 46.3 Å². The second-order valence-electron chi connectivity index (χ2n) is 4.30. The van der Waals surface area contributed by atoms with Crippen molar-refractivity contribution in [3.63, 3.8) is 0 Å². The van der Waals surface area contributed by atoms with Gasteiger partial charge in [-0.05, 0) is 11.6 Å². The van der Waals surface area contributed by atoms with Gasteiger partial charge in [0.2, 0.25) is 0 Å². The lowest BCUT2D eigenvalue weighted by molar-refractivity contribution is 0.764. The van der Waals surface area contributed by atoms with Crippen LogP contribution in [0, 0.1) is 0 Å². The maximum Gasteiger partial charge on any atom is 0.163 e. The van der Waals surface area contributed by atoms with Crippen LogP contribution in [0.2, 0.25) is 0 Å². The van der Waals surface area contributed by atoms with Crippen molar-refractivity contribution in [1.82, 2.24) is 19.7 Å². The number of nitrogens with zero attached hydrogens (tertiary/aromatic N) is 4. The SMILES string of the molecule is Cn1nc(Cc2ccccc2Br)c2c(N)ncnc21. The van der Waals surface area contributed by atoms with Crippen molar-refractivity contribution < 1.29 is 0 Å². The number of fused-ring (bicyclic) bond motifs is 1. The monoisotopic (exact) mass is 317 g/mol. The Labute approximate surface area is 118 Å².